The third-order valence-corrected chi connectivity index (χ3v) is 3.39. The van der Waals surface area contributed by atoms with Crippen molar-refractivity contribution >= 4 is 5.91 Å². The van der Waals surface area contributed by atoms with Crippen LogP contribution in [0.15, 0.2) is 18.2 Å². The van der Waals surface area contributed by atoms with Crippen LogP contribution in [0.25, 0.3) is 0 Å². The highest BCUT2D eigenvalue weighted by molar-refractivity contribution is 5.78. The van der Waals surface area contributed by atoms with E-state index in [-0.39, 0.29) is 17.7 Å². The van der Waals surface area contributed by atoms with E-state index in [0.717, 1.165) is 5.56 Å². The molecule has 0 aromatic heterocycles. The molecular formula is C15H22N2O3. The quantitative estimate of drug-likeness (QED) is 0.857. The first-order valence-electron chi connectivity index (χ1n) is 6.90. The van der Waals surface area contributed by atoms with E-state index in [1.807, 2.05) is 18.0 Å². The van der Waals surface area contributed by atoms with Gasteiger partial charge in [0.15, 0.2) is 0 Å². The average Bonchev–Trinajstić information content (AvgIpc) is 2.79. The van der Waals surface area contributed by atoms with Gasteiger partial charge in [0.05, 0.1) is 12.6 Å². The molecule has 1 aromatic rings. The number of ether oxygens (including phenoxy) is 1. The van der Waals surface area contributed by atoms with Crippen LogP contribution in [0.3, 0.4) is 0 Å². The number of nitrogens with one attached hydrogen (secondary N) is 1. The van der Waals surface area contributed by atoms with Gasteiger partial charge in [0, 0.05) is 18.2 Å². The minimum atomic E-state index is 0.0217. The van der Waals surface area contributed by atoms with Crippen LogP contribution in [0.2, 0.25) is 0 Å². The molecule has 2 rings (SSSR count). The fourth-order valence-corrected chi connectivity index (χ4v) is 2.26. The number of nitrogens with zero attached hydrogens (tertiary/aromatic N) is 1. The zero-order valence-corrected chi connectivity index (χ0v) is 12.2. The van der Waals surface area contributed by atoms with Gasteiger partial charge in [-0.05, 0) is 25.1 Å². The van der Waals surface area contributed by atoms with Gasteiger partial charge in [-0.15, -0.1) is 0 Å². The van der Waals surface area contributed by atoms with Crippen LogP contribution in [-0.2, 0) is 4.79 Å². The molecular weight excluding hydrogens is 256 g/mol. The molecule has 0 saturated heterocycles. The highest BCUT2D eigenvalue weighted by Crippen LogP contribution is 2.37. The van der Waals surface area contributed by atoms with Gasteiger partial charge in [-0.3, -0.25) is 9.69 Å². The van der Waals surface area contributed by atoms with Crippen molar-refractivity contribution in [2.24, 2.45) is 5.92 Å². The lowest BCUT2D eigenvalue weighted by atomic mass is 10.1. The maximum atomic E-state index is 11.8. The smallest absolute Gasteiger partial charge is 0.234 e. The minimum absolute atomic E-state index is 0.0217. The van der Waals surface area contributed by atoms with Gasteiger partial charge in [0.1, 0.15) is 18.1 Å². The first kappa shape index (κ1) is 14.7. The van der Waals surface area contributed by atoms with E-state index in [4.69, 9.17) is 4.74 Å². The highest BCUT2D eigenvalue weighted by Gasteiger charge is 2.28. The molecule has 1 heterocycles. The summed E-state index contributed by atoms with van der Waals surface area (Å²) in [7, 11) is 1.91. The van der Waals surface area contributed by atoms with Gasteiger partial charge in [-0.2, -0.15) is 0 Å². The first-order valence-corrected chi connectivity index (χ1v) is 6.90. The molecule has 5 nitrogen and oxygen atoms in total. The van der Waals surface area contributed by atoms with Crippen molar-refractivity contribution in [3.8, 4) is 11.5 Å². The second kappa shape index (κ2) is 6.13. The van der Waals surface area contributed by atoms with E-state index in [1.54, 1.807) is 12.1 Å². The van der Waals surface area contributed by atoms with E-state index in [9.17, 15) is 9.90 Å². The number of hydrogen-bond donors (Lipinski definition) is 2. The summed E-state index contributed by atoms with van der Waals surface area (Å²) in [4.78, 5) is 13.8. The molecule has 1 aliphatic heterocycles. The van der Waals surface area contributed by atoms with Crippen LogP contribution < -0.4 is 10.1 Å². The van der Waals surface area contributed by atoms with Crippen LogP contribution >= 0.6 is 0 Å². The van der Waals surface area contributed by atoms with E-state index in [1.165, 1.54) is 0 Å². The molecule has 20 heavy (non-hydrogen) atoms. The first-order chi connectivity index (χ1) is 9.47. The Balaban J connectivity index is 1.95. The lowest BCUT2D eigenvalue weighted by Crippen LogP contribution is -2.38. The largest absolute Gasteiger partial charge is 0.508 e. The van der Waals surface area contributed by atoms with Crippen LogP contribution in [0.4, 0.5) is 0 Å². The summed E-state index contributed by atoms with van der Waals surface area (Å²) in [6, 6.07) is 5.16. The number of phenols is 1. The van der Waals surface area contributed by atoms with E-state index in [2.05, 4.69) is 19.2 Å². The lowest BCUT2D eigenvalue weighted by Gasteiger charge is -2.23. The Morgan fingerprint density at radius 2 is 2.30 bits per heavy atom. The van der Waals surface area contributed by atoms with Crippen LogP contribution in [0.5, 0.6) is 11.5 Å². The number of phenolic OH excluding ortho intramolecular Hbond substituents is 1. The predicted molar refractivity (Wildman–Crippen MR) is 76.8 cm³/mol. The zero-order chi connectivity index (χ0) is 14.7. The molecule has 0 radical (unpaired) electrons. The molecule has 1 aromatic carbocycles. The van der Waals surface area contributed by atoms with Crippen molar-refractivity contribution in [1.29, 1.82) is 0 Å². The molecule has 1 atom stereocenters. The highest BCUT2D eigenvalue weighted by atomic mass is 16.5. The Morgan fingerprint density at radius 3 is 3.00 bits per heavy atom. The lowest BCUT2D eigenvalue weighted by molar-refractivity contribution is -0.122. The molecule has 110 valence electrons. The molecule has 0 saturated carbocycles. The maximum absolute atomic E-state index is 11.8. The van der Waals surface area contributed by atoms with Gasteiger partial charge in [0.25, 0.3) is 0 Å². The number of carbonyl (C=O) groups excluding carboxylic acids is 1. The molecule has 0 spiro atoms. The van der Waals surface area contributed by atoms with E-state index >= 15 is 0 Å². The Bertz CT molecular complexity index is 488. The molecule has 1 unspecified atom stereocenters. The third-order valence-electron chi connectivity index (χ3n) is 3.39. The molecule has 2 N–H and O–H groups in total. The summed E-state index contributed by atoms with van der Waals surface area (Å²) < 4.78 is 5.56. The molecule has 5 heteroatoms. The number of likely N-dealkylation sites (N-methyl/N-ethyl adjacent to an activating group) is 1. The summed E-state index contributed by atoms with van der Waals surface area (Å²) in [5.41, 5.74) is 1.02. The standard InChI is InChI=1S/C15H22N2O3/c1-10(2)7-16-15(19)8-17(3)13-9-20-14-6-11(18)4-5-12(13)14/h4-6,10,13,18H,7-9H2,1-3H3,(H,16,19). The average molecular weight is 278 g/mol. The zero-order valence-electron chi connectivity index (χ0n) is 12.2. The van der Waals surface area contributed by atoms with Gasteiger partial charge in [0.2, 0.25) is 5.91 Å². The summed E-state index contributed by atoms with van der Waals surface area (Å²) in [6.07, 6.45) is 0. The van der Waals surface area contributed by atoms with Gasteiger partial charge < -0.3 is 15.2 Å². The normalized spacial score (nSPS) is 17.1. The number of benzene rings is 1. The summed E-state index contributed by atoms with van der Waals surface area (Å²) in [5.74, 6) is 1.36. The van der Waals surface area contributed by atoms with Crippen molar-refractivity contribution in [1.82, 2.24) is 10.2 Å². The van der Waals surface area contributed by atoms with Gasteiger partial charge in [-0.25, -0.2) is 0 Å². The van der Waals surface area contributed by atoms with Crippen molar-refractivity contribution in [2.75, 3.05) is 26.7 Å². The number of fused-ring (bicyclic) bond motifs is 1. The van der Waals surface area contributed by atoms with Crippen LogP contribution in [-0.4, -0.2) is 42.7 Å². The predicted octanol–water partition coefficient (Wildman–Crippen LogP) is 1.53. The van der Waals surface area contributed by atoms with Crippen molar-refractivity contribution < 1.29 is 14.6 Å². The second-order valence-electron chi connectivity index (χ2n) is 5.66. The molecule has 0 fully saturated rings. The third kappa shape index (κ3) is 3.42. The SMILES string of the molecule is CC(C)CNC(=O)CN(C)C1COc2cc(O)ccc21. The number of carbonyl (C=O) groups is 1. The fraction of sp³-hybridized carbons (Fsp3) is 0.533. The Labute approximate surface area is 119 Å². The Hall–Kier alpha value is -1.75. The van der Waals surface area contributed by atoms with Gasteiger partial charge in [-0.1, -0.05) is 13.8 Å². The summed E-state index contributed by atoms with van der Waals surface area (Å²) in [6.45, 7) is 5.67. The molecule has 0 aliphatic carbocycles. The van der Waals surface area contributed by atoms with E-state index in [0.29, 0.717) is 31.4 Å². The molecule has 1 amide bonds. The van der Waals surface area contributed by atoms with Crippen molar-refractivity contribution in [2.45, 2.75) is 19.9 Å². The maximum Gasteiger partial charge on any atom is 0.234 e. The molecule has 1 aliphatic rings. The monoisotopic (exact) mass is 278 g/mol. The number of rotatable bonds is 5. The minimum Gasteiger partial charge on any atom is -0.508 e. The van der Waals surface area contributed by atoms with E-state index < -0.39 is 0 Å². The van der Waals surface area contributed by atoms with Gasteiger partial charge >= 0.3 is 0 Å². The van der Waals surface area contributed by atoms with Crippen molar-refractivity contribution in [3.05, 3.63) is 23.8 Å². The van der Waals surface area contributed by atoms with Crippen LogP contribution in [0, 0.1) is 5.92 Å². The Kier molecular flexibility index (Phi) is 4.49. The second-order valence-corrected chi connectivity index (χ2v) is 5.66. The Morgan fingerprint density at radius 1 is 1.55 bits per heavy atom. The summed E-state index contributed by atoms with van der Waals surface area (Å²) in [5, 5.41) is 12.3. The fourth-order valence-electron chi connectivity index (χ4n) is 2.26. The number of aromatic hydroxyl groups is 1. The summed E-state index contributed by atoms with van der Waals surface area (Å²) >= 11 is 0. The number of amides is 1. The van der Waals surface area contributed by atoms with Crippen LogP contribution in [0.1, 0.15) is 25.5 Å². The molecule has 0 bridgehead atoms. The topological polar surface area (TPSA) is 61.8 Å². The number of hydrogen-bond acceptors (Lipinski definition) is 4. The van der Waals surface area contributed by atoms with Crippen molar-refractivity contribution in [3.63, 3.8) is 0 Å².